The molecule has 0 aliphatic heterocycles. The van der Waals surface area contributed by atoms with Gasteiger partial charge in [0.05, 0.1) is 0 Å². The molecule has 0 heterocycles. The van der Waals surface area contributed by atoms with Crippen molar-refractivity contribution < 1.29 is 9.90 Å². The number of aliphatic hydroxyl groups excluding tert-OH is 1. The number of rotatable bonds is 6. The highest BCUT2D eigenvalue weighted by Gasteiger charge is 2.13. The van der Waals surface area contributed by atoms with E-state index in [0.717, 1.165) is 12.8 Å². The maximum Gasteiger partial charge on any atom is 0.223 e. The predicted octanol–water partition coefficient (Wildman–Crippen LogP) is 1.17. The molecule has 13 heavy (non-hydrogen) atoms. The summed E-state index contributed by atoms with van der Waals surface area (Å²) in [5.74, 6) is 0.398. The number of hydrogen-bond acceptors (Lipinski definition) is 2. The van der Waals surface area contributed by atoms with E-state index in [2.05, 4.69) is 5.32 Å². The number of hydrogen-bond donors (Lipinski definition) is 2. The van der Waals surface area contributed by atoms with Crippen LogP contribution in [0.4, 0.5) is 0 Å². The normalized spacial score (nSPS) is 13.0. The van der Waals surface area contributed by atoms with Gasteiger partial charge < -0.3 is 10.4 Å². The average Bonchev–Trinajstić information content (AvgIpc) is 2.16. The molecule has 0 aliphatic carbocycles. The molecule has 0 saturated heterocycles. The van der Waals surface area contributed by atoms with Gasteiger partial charge in [-0.2, -0.15) is 0 Å². The fourth-order valence-electron chi connectivity index (χ4n) is 1.14. The Balaban J connectivity index is 3.72. The lowest BCUT2D eigenvalue weighted by atomic mass is 10.0. The highest BCUT2D eigenvalue weighted by atomic mass is 16.3. The zero-order chi connectivity index (χ0) is 10.3. The van der Waals surface area contributed by atoms with E-state index >= 15 is 0 Å². The molecule has 0 aliphatic rings. The number of amides is 1. The maximum absolute atomic E-state index is 11.4. The molecule has 0 aromatic heterocycles. The minimum Gasteiger partial charge on any atom is -0.396 e. The van der Waals surface area contributed by atoms with E-state index in [-0.39, 0.29) is 24.3 Å². The van der Waals surface area contributed by atoms with Crippen LogP contribution in [0.2, 0.25) is 0 Å². The molecule has 0 aromatic carbocycles. The molecule has 78 valence electrons. The van der Waals surface area contributed by atoms with Gasteiger partial charge in [-0.15, -0.1) is 0 Å². The molecule has 0 saturated carbocycles. The lowest BCUT2D eigenvalue weighted by Crippen LogP contribution is -2.34. The van der Waals surface area contributed by atoms with Crippen LogP contribution in [0.1, 0.15) is 33.6 Å². The van der Waals surface area contributed by atoms with Crippen LogP contribution in [0.25, 0.3) is 0 Å². The summed E-state index contributed by atoms with van der Waals surface area (Å²) < 4.78 is 0. The largest absolute Gasteiger partial charge is 0.396 e. The van der Waals surface area contributed by atoms with Crippen LogP contribution in [0, 0.1) is 11.8 Å². The molecule has 2 N–H and O–H groups in total. The van der Waals surface area contributed by atoms with E-state index in [9.17, 15) is 4.79 Å². The van der Waals surface area contributed by atoms with Gasteiger partial charge in [0, 0.05) is 19.1 Å². The number of aliphatic hydroxyl groups is 1. The number of nitrogens with one attached hydrogen (secondary N) is 1. The van der Waals surface area contributed by atoms with Gasteiger partial charge in [0.2, 0.25) is 5.91 Å². The van der Waals surface area contributed by atoms with Crippen LogP contribution in [-0.2, 0) is 4.79 Å². The molecule has 3 heteroatoms. The second kappa shape index (κ2) is 6.89. The first-order valence-corrected chi connectivity index (χ1v) is 5.04. The minimum atomic E-state index is 0.116. The Morgan fingerprint density at radius 3 is 2.31 bits per heavy atom. The first kappa shape index (κ1) is 12.4. The molecule has 0 spiro atoms. The fraction of sp³-hybridized carbons (Fsp3) is 0.900. The van der Waals surface area contributed by atoms with Gasteiger partial charge in [-0.25, -0.2) is 0 Å². The van der Waals surface area contributed by atoms with Gasteiger partial charge in [-0.05, 0) is 18.8 Å². The zero-order valence-corrected chi connectivity index (χ0v) is 8.84. The Morgan fingerprint density at radius 1 is 1.38 bits per heavy atom. The van der Waals surface area contributed by atoms with Crippen molar-refractivity contribution in [2.45, 2.75) is 33.6 Å². The van der Waals surface area contributed by atoms with Gasteiger partial charge in [0.1, 0.15) is 0 Å². The molecule has 3 nitrogen and oxygen atoms in total. The predicted molar refractivity (Wildman–Crippen MR) is 53.3 cm³/mol. The summed E-state index contributed by atoms with van der Waals surface area (Å²) in [5.41, 5.74) is 0. The average molecular weight is 187 g/mol. The molecule has 0 fully saturated rings. The fourth-order valence-corrected chi connectivity index (χ4v) is 1.14. The maximum atomic E-state index is 11.4. The minimum absolute atomic E-state index is 0.116. The Labute approximate surface area is 80.5 Å². The third-order valence-corrected chi connectivity index (χ3v) is 2.29. The van der Waals surface area contributed by atoms with E-state index in [1.165, 1.54) is 0 Å². The molecule has 1 amide bonds. The molecule has 0 radical (unpaired) electrons. The Bertz CT molecular complexity index is 144. The molecule has 1 atom stereocenters. The van der Waals surface area contributed by atoms with Gasteiger partial charge >= 0.3 is 0 Å². The van der Waals surface area contributed by atoms with Crippen LogP contribution in [0.15, 0.2) is 0 Å². The Kier molecular flexibility index (Phi) is 6.59. The molecule has 0 bridgehead atoms. The molecule has 0 aromatic rings. The van der Waals surface area contributed by atoms with Crippen LogP contribution in [0.5, 0.6) is 0 Å². The monoisotopic (exact) mass is 187 g/mol. The topological polar surface area (TPSA) is 49.3 Å². The molecule has 0 rings (SSSR count). The van der Waals surface area contributed by atoms with Crippen molar-refractivity contribution in [2.24, 2.45) is 11.8 Å². The van der Waals surface area contributed by atoms with E-state index in [1.54, 1.807) is 0 Å². The van der Waals surface area contributed by atoms with Crippen molar-refractivity contribution >= 4 is 5.91 Å². The van der Waals surface area contributed by atoms with Crippen LogP contribution >= 0.6 is 0 Å². The van der Waals surface area contributed by atoms with Crippen LogP contribution in [0.3, 0.4) is 0 Å². The van der Waals surface area contributed by atoms with Crippen LogP contribution in [-0.4, -0.2) is 24.2 Å². The van der Waals surface area contributed by atoms with E-state index < -0.39 is 0 Å². The van der Waals surface area contributed by atoms with Gasteiger partial charge in [-0.3, -0.25) is 4.79 Å². The smallest absolute Gasteiger partial charge is 0.223 e. The second-order valence-corrected chi connectivity index (χ2v) is 3.55. The third-order valence-electron chi connectivity index (χ3n) is 2.29. The van der Waals surface area contributed by atoms with Crippen LogP contribution < -0.4 is 5.32 Å². The van der Waals surface area contributed by atoms with Crippen molar-refractivity contribution in [2.75, 3.05) is 13.2 Å². The third kappa shape index (κ3) is 4.88. The van der Waals surface area contributed by atoms with E-state index in [1.807, 2.05) is 20.8 Å². The SMILES string of the molecule is CCC(CC)C(=O)NCC(C)CO. The summed E-state index contributed by atoms with van der Waals surface area (Å²) in [6.45, 7) is 6.65. The first-order valence-electron chi connectivity index (χ1n) is 5.04. The zero-order valence-electron chi connectivity index (χ0n) is 8.84. The molecular formula is C10H21NO2. The summed E-state index contributed by atoms with van der Waals surface area (Å²) in [4.78, 5) is 11.4. The number of carbonyl (C=O) groups excluding carboxylic acids is 1. The first-order chi connectivity index (χ1) is 6.15. The number of carbonyl (C=O) groups is 1. The summed E-state index contributed by atoms with van der Waals surface area (Å²) in [6, 6.07) is 0. The van der Waals surface area contributed by atoms with E-state index in [0.29, 0.717) is 6.54 Å². The lowest BCUT2D eigenvalue weighted by Gasteiger charge is -2.14. The Morgan fingerprint density at radius 2 is 1.92 bits per heavy atom. The van der Waals surface area contributed by atoms with Crippen molar-refractivity contribution in [3.63, 3.8) is 0 Å². The van der Waals surface area contributed by atoms with E-state index in [4.69, 9.17) is 5.11 Å². The molecule has 1 unspecified atom stereocenters. The van der Waals surface area contributed by atoms with Crippen molar-refractivity contribution in [1.82, 2.24) is 5.32 Å². The Hall–Kier alpha value is -0.570. The van der Waals surface area contributed by atoms with Gasteiger partial charge in [0.25, 0.3) is 0 Å². The second-order valence-electron chi connectivity index (χ2n) is 3.55. The van der Waals surface area contributed by atoms with Gasteiger partial charge in [0.15, 0.2) is 0 Å². The van der Waals surface area contributed by atoms with Crippen molar-refractivity contribution in [1.29, 1.82) is 0 Å². The van der Waals surface area contributed by atoms with Crippen molar-refractivity contribution in [3.05, 3.63) is 0 Å². The van der Waals surface area contributed by atoms with Crippen molar-refractivity contribution in [3.8, 4) is 0 Å². The summed E-state index contributed by atoms with van der Waals surface area (Å²) in [6.07, 6.45) is 1.77. The summed E-state index contributed by atoms with van der Waals surface area (Å²) in [5, 5.41) is 11.6. The summed E-state index contributed by atoms with van der Waals surface area (Å²) in [7, 11) is 0. The van der Waals surface area contributed by atoms with Gasteiger partial charge in [-0.1, -0.05) is 20.8 Å². The molecular weight excluding hydrogens is 166 g/mol. The lowest BCUT2D eigenvalue weighted by molar-refractivity contribution is -0.125. The highest BCUT2D eigenvalue weighted by molar-refractivity contribution is 5.78. The highest BCUT2D eigenvalue weighted by Crippen LogP contribution is 2.07. The standard InChI is InChI=1S/C10H21NO2/c1-4-9(5-2)10(13)11-6-8(3)7-12/h8-9,12H,4-7H2,1-3H3,(H,11,13). The quantitative estimate of drug-likeness (QED) is 0.655. The summed E-state index contributed by atoms with van der Waals surface area (Å²) >= 11 is 0.